The third-order valence-electron chi connectivity index (χ3n) is 6.86. The third kappa shape index (κ3) is 4.31. The molecule has 10 heteroatoms. The lowest BCUT2D eigenvalue weighted by Gasteiger charge is -2.51. The number of amidine groups is 1. The van der Waals surface area contributed by atoms with Crippen LogP contribution < -0.4 is 4.74 Å². The van der Waals surface area contributed by atoms with Crippen molar-refractivity contribution in [1.29, 1.82) is 0 Å². The molecule has 3 aromatic rings. The number of benzene rings is 2. The second kappa shape index (κ2) is 9.51. The molecule has 0 radical (unpaired) electrons. The smallest absolute Gasteiger partial charge is 0.274 e. The molecule has 192 valence electrons. The van der Waals surface area contributed by atoms with Crippen LogP contribution in [-0.4, -0.2) is 51.5 Å². The van der Waals surface area contributed by atoms with Crippen molar-refractivity contribution in [3.8, 4) is 11.4 Å². The summed E-state index contributed by atoms with van der Waals surface area (Å²) in [6.45, 7) is 4.51. The minimum absolute atomic E-state index is 0.0163. The van der Waals surface area contributed by atoms with Crippen LogP contribution in [0.4, 0.5) is 13.2 Å². The van der Waals surface area contributed by atoms with Gasteiger partial charge in [-0.2, -0.15) is 10.0 Å². The van der Waals surface area contributed by atoms with Crippen LogP contribution in [0.3, 0.4) is 0 Å². The highest BCUT2D eigenvalue weighted by Gasteiger charge is 2.49. The molecule has 0 N–H and O–H groups in total. The quantitative estimate of drug-likeness (QED) is 0.463. The summed E-state index contributed by atoms with van der Waals surface area (Å²) in [6, 6.07) is 7.44. The molecular formula is C27H26F3N5O2. The predicted octanol–water partition coefficient (Wildman–Crippen LogP) is 4.79. The van der Waals surface area contributed by atoms with E-state index >= 15 is 0 Å². The van der Waals surface area contributed by atoms with Gasteiger partial charge in [-0.05, 0) is 68.2 Å². The first kappa shape index (κ1) is 24.8. The lowest BCUT2D eigenvalue weighted by molar-refractivity contribution is -0.148. The molecule has 5 rings (SSSR count). The van der Waals surface area contributed by atoms with Crippen molar-refractivity contribution < 1.29 is 22.7 Å². The lowest BCUT2D eigenvalue weighted by atomic mass is 9.88. The van der Waals surface area contributed by atoms with Gasteiger partial charge in [0.25, 0.3) is 5.91 Å². The minimum Gasteiger partial charge on any atom is -0.495 e. The number of carbonyl (C=O) groups is 1. The fourth-order valence-electron chi connectivity index (χ4n) is 4.82. The molecule has 1 saturated heterocycles. The monoisotopic (exact) mass is 509 g/mol. The van der Waals surface area contributed by atoms with Crippen molar-refractivity contribution in [3.63, 3.8) is 0 Å². The SMILES string of the molecule is COc1cc(/C=C/C2=NC(=O)C(C)(c3cc(F)c(F)c(F)c3)N3CCCCN23)ccc1-n1cnc(C)c1. The van der Waals surface area contributed by atoms with E-state index in [9.17, 15) is 18.0 Å². The number of hydrazine groups is 1. The van der Waals surface area contributed by atoms with Gasteiger partial charge in [-0.1, -0.05) is 12.1 Å². The van der Waals surface area contributed by atoms with Gasteiger partial charge < -0.3 is 9.30 Å². The molecule has 1 unspecified atom stereocenters. The summed E-state index contributed by atoms with van der Waals surface area (Å²) in [6.07, 6.45) is 8.81. The number of imidazole rings is 1. The second-order valence-electron chi connectivity index (χ2n) is 9.24. The first-order valence-electron chi connectivity index (χ1n) is 11.9. The number of aliphatic imine (C=N–C) groups is 1. The summed E-state index contributed by atoms with van der Waals surface area (Å²) < 4.78 is 49.2. The summed E-state index contributed by atoms with van der Waals surface area (Å²) in [4.78, 5) is 21.9. The van der Waals surface area contributed by atoms with Crippen LogP contribution in [0.15, 0.2) is 53.9 Å². The second-order valence-corrected chi connectivity index (χ2v) is 9.24. The van der Waals surface area contributed by atoms with E-state index in [1.165, 1.54) is 0 Å². The maximum atomic E-state index is 14.1. The fraction of sp³-hybridized carbons (Fsp3) is 0.296. The standard InChI is InChI=1S/C27H26F3N5O2/c1-17-15-33(16-31-17)22-8-6-18(12-23(22)37-3)7-9-24-32-26(36)27(2,35-11-5-4-10-34(24)35)19-13-20(28)25(30)21(29)14-19/h6-9,12-16H,4-5,10-11H2,1-3H3/b9-7+. The van der Waals surface area contributed by atoms with Crippen LogP contribution in [0, 0.1) is 24.4 Å². The number of fused-ring (bicyclic) bond motifs is 1. The normalized spacial score (nSPS) is 20.3. The molecule has 2 aliphatic heterocycles. The molecule has 1 fully saturated rings. The molecule has 0 bridgehead atoms. The number of hydrogen-bond acceptors (Lipinski definition) is 5. The first-order chi connectivity index (χ1) is 17.7. The fourth-order valence-corrected chi connectivity index (χ4v) is 4.82. The Labute approximate surface area is 212 Å². The van der Waals surface area contributed by atoms with Gasteiger partial charge in [0, 0.05) is 19.3 Å². The molecule has 37 heavy (non-hydrogen) atoms. The number of rotatable bonds is 5. The molecule has 2 aromatic carbocycles. The summed E-state index contributed by atoms with van der Waals surface area (Å²) in [7, 11) is 1.59. The Balaban J connectivity index is 1.49. The van der Waals surface area contributed by atoms with Gasteiger partial charge >= 0.3 is 0 Å². The average Bonchev–Trinajstić information content (AvgIpc) is 3.33. The molecular weight excluding hydrogens is 483 g/mol. The summed E-state index contributed by atoms with van der Waals surface area (Å²) in [5.74, 6) is -3.77. The lowest BCUT2D eigenvalue weighted by Crippen LogP contribution is -2.64. The van der Waals surface area contributed by atoms with E-state index in [4.69, 9.17) is 4.74 Å². The van der Waals surface area contributed by atoms with E-state index in [1.54, 1.807) is 31.4 Å². The van der Waals surface area contributed by atoms with E-state index in [-0.39, 0.29) is 5.56 Å². The Kier molecular flexibility index (Phi) is 6.36. The van der Waals surface area contributed by atoms with Crippen molar-refractivity contribution in [2.75, 3.05) is 20.2 Å². The minimum atomic E-state index is -1.57. The number of ether oxygens (including phenoxy) is 1. The van der Waals surface area contributed by atoms with Crippen molar-refractivity contribution in [1.82, 2.24) is 19.6 Å². The van der Waals surface area contributed by atoms with E-state index in [1.807, 2.05) is 47.0 Å². The van der Waals surface area contributed by atoms with Gasteiger partial charge in [0.15, 0.2) is 17.5 Å². The Morgan fingerprint density at radius 3 is 2.46 bits per heavy atom. The summed E-state index contributed by atoms with van der Waals surface area (Å²) in [5.41, 5.74) is 1.09. The first-order valence-corrected chi connectivity index (χ1v) is 11.9. The molecule has 7 nitrogen and oxygen atoms in total. The number of amides is 1. The average molecular weight is 510 g/mol. The van der Waals surface area contributed by atoms with Crippen molar-refractivity contribution in [2.24, 2.45) is 4.99 Å². The number of methoxy groups -OCH3 is 1. The Morgan fingerprint density at radius 2 is 1.78 bits per heavy atom. The topological polar surface area (TPSA) is 63.0 Å². The Bertz CT molecular complexity index is 1410. The van der Waals surface area contributed by atoms with Crippen LogP contribution >= 0.6 is 0 Å². The van der Waals surface area contributed by atoms with Crippen LogP contribution in [-0.2, 0) is 10.3 Å². The van der Waals surface area contributed by atoms with Crippen LogP contribution in [0.5, 0.6) is 5.75 Å². The van der Waals surface area contributed by atoms with E-state index in [0.29, 0.717) is 24.7 Å². The van der Waals surface area contributed by atoms with Crippen LogP contribution in [0.25, 0.3) is 11.8 Å². The third-order valence-corrected chi connectivity index (χ3v) is 6.86. The molecule has 0 spiro atoms. The number of aromatic nitrogens is 2. The molecule has 0 aliphatic carbocycles. The number of hydrogen-bond donors (Lipinski definition) is 0. The van der Waals surface area contributed by atoms with E-state index in [2.05, 4.69) is 9.98 Å². The Hall–Kier alpha value is -3.92. The molecule has 0 saturated carbocycles. The number of nitrogens with zero attached hydrogens (tertiary/aromatic N) is 5. The maximum absolute atomic E-state index is 14.1. The highest BCUT2D eigenvalue weighted by atomic mass is 19.2. The highest BCUT2D eigenvalue weighted by Crippen LogP contribution is 2.38. The maximum Gasteiger partial charge on any atom is 0.274 e. The molecule has 1 aromatic heterocycles. The van der Waals surface area contributed by atoms with Gasteiger partial charge in [0.1, 0.15) is 17.1 Å². The number of carbonyl (C=O) groups excluding carboxylic acids is 1. The van der Waals surface area contributed by atoms with E-state index in [0.717, 1.165) is 41.9 Å². The van der Waals surface area contributed by atoms with Crippen molar-refractivity contribution >= 4 is 17.8 Å². The predicted molar refractivity (Wildman–Crippen MR) is 133 cm³/mol. The number of aryl methyl sites for hydroxylation is 1. The van der Waals surface area contributed by atoms with Crippen LogP contribution in [0.2, 0.25) is 0 Å². The zero-order chi connectivity index (χ0) is 26.3. The van der Waals surface area contributed by atoms with Crippen molar-refractivity contribution in [2.45, 2.75) is 32.2 Å². The molecule has 3 heterocycles. The van der Waals surface area contributed by atoms with Crippen LogP contribution in [0.1, 0.15) is 36.6 Å². The van der Waals surface area contributed by atoms with Gasteiger partial charge in [0.2, 0.25) is 0 Å². The zero-order valence-corrected chi connectivity index (χ0v) is 20.7. The number of halogens is 3. The Morgan fingerprint density at radius 1 is 1.05 bits per heavy atom. The molecule has 1 amide bonds. The molecule has 2 aliphatic rings. The molecule has 1 atom stereocenters. The largest absolute Gasteiger partial charge is 0.495 e. The van der Waals surface area contributed by atoms with Gasteiger partial charge in [-0.15, -0.1) is 0 Å². The highest BCUT2D eigenvalue weighted by molar-refractivity contribution is 6.07. The van der Waals surface area contributed by atoms with Gasteiger partial charge in [-0.25, -0.2) is 18.2 Å². The van der Waals surface area contributed by atoms with Gasteiger partial charge in [-0.3, -0.25) is 9.80 Å². The van der Waals surface area contributed by atoms with Crippen molar-refractivity contribution in [3.05, 3.63) is 83.2 Å². The zero-order valence-electron chi connectivity index (χ0n) is 20.7. The van der Waals surface area contributed by atoms with Gasteiger partial charge in [0.05, 0.1) is 24.8 Å². The van der Waals surface area contributed by atoms with E-state index < -0.39 is 28.9 Å². The summed E-state index contributed by atoms with van der Waals surface area (Å²) >= 11 is 0. The summed E-state index contributed by atoms with van der Waals surface area (Å²) in [5, 5.41) is 3.61.